The van der Waals surface area contributed by atoms with E-state index in [2.05, 4.69) is 10.3 Å². The Labute approximate surface area is 161 Å². The van der Waals surface area contributed by atoms with Crippen LogP contribution < -0.4 is 10.1 Å². The third-order valence-corrected chi connectivity index (χ3v) is 4.42. The normalized spacial score (nSPS) is 17.2. The summed E-state index contributed by atoms with van der Waals surface area (Å²) in [7, 11) is 3.41. The van der Waals surface area contributed by atoms with Gasteiger partial charge in [-0.25, -0.2) is 4.39 Å². The summed E-state index contributed by atoms with van der Waals surface area (Å²) in [6.45, 7) is 7.20. The smallest absolute Gasteiger partial charge is 0.193 e. The molecule has 0 amide bonds. The molecule has 1 heterocycles. The second kappa shape index (κ2) is 11.8. The fourth-order valence-corrected chi connectivity index (χ4v) is 2.94. The molecule has 152 valence electrons. The van der Waals surface area contributed by atoms with E-state index in [1.54, 1.807) is 6.07 Å². The first-order valence-electron chi connectivity index (χ1n) is 9.61. The van der Waals surface area contributed by atoms with Gasteiger partial charge in [0.25, 0.3) is 0 Å². The molecular formula is C20H32FN3O3. The summed E-state index contributed by atoms with van der Waals surface area (Å²) in [5, 5.41) is 3.28. The van der Waals surface area contributed by atoms with Gasteiger partial charge in [0, 0.05) is 45.8 Å². The minimum Gasteiger partial charge on any atom is -0.494 e. The summed E-state index contributed by atoms with van der Waals surface area (Å²) in [4.78, 5) is 6.63. The molecule has 0 radical (unpaired) electrons. The zero-order valence-electron chi connectivity index (χ0n) is 16.7. The van der Waals surface area contributed by atoms with E-state index >= 15 is 0 Å². The van der Waals surface area contributed by atoms with Gasteiger partial charge < -0.3 is 24.4 Å². The number of methoxy groups -OCH3 is 1. The lowest BCUT2D eigenvalue weighted by Gasteiger charge is -2.22. The van der Waals surface area contributed by atoms with E-state index in [-0.39, 0.29) is 11.6 Å². The van der Waals surface area contributed by atoms with Crippen molar-refractivity contribution in [1.82, 2.24) is 10.2 Å². The first-order valence-corrected chi connectivity index (χ1v) is 9.61. The fraction of sp³-hybridized carbons (Fsp3) is 0.650. The highest BCUT2D eigenvalue weighted by atomic mass is 19.1. The van der Waals surface area contributed by atoms with Gasteiger partial charge in [0.05, 0.1) is 20.3 Å². The number of hydrogen-bond donors (Lipinski definition) is 1. The lowest BCUT2D eigenvalue weighted by molar-refractivity contribution is 0.0893. The summed E-state index contributed by atoms with van der Waals surface area (Å²) in [6.07, 6.45) is 1.97. The SMILES string of the molecule is CCNC(=NCCCOCC1CCOC1)N(C)Cc1ccc(OC)c(F)c1. The van der Waals surface area contributed by atoms with E-state index in [1.165, 1.54) is 13.2 Å². The Bertz CT molecular complexity index is 592. The van der Waals surface area contributed by atoms with E-state index in [4.69, 9.17) is 14.2 Å². The zero-order valence-corrected chi connectivity index (χ0v) is 16.7. The van der Waals surface area contributed by atoms with Gasteiger partial charge >= 0.3 is 0 Å². The van der Waals surface area contributed by atoms with E-state index < -0.39 is 0 Å². The van der Waals surface area contributed by atoms with E-state index in [0.717, 1.165) is 50.7 Å². The topological polar surface area (TPSA) is 55.3 Å². The van der Waals surface area contributed by atoms with Crippen LogP contribution in [0.15, 0.2) is 23.2 Å². The molecule has 0 aliphatic carbocycles. The molecular weight excluding hydrogens is 349 g/mol. The molecule has 1 unspecified atom stereocenters. The maximum absolute atomic E-state index is 13.9. The van der Waals surface area contributed by atoms with Gasteiger partial charge in [-0.2, -0.15) is 0 Å². The molecule has 1 aliphatic heterocycles. The molecule has 1 N–H and O–H groups in total. The number of nitrogens with zero attached hydrogens (tertiary/aromatic N) is 2. The van der Waals surface area contributed by atoms with Gasteiger partial charge in [-0.3, -0.25) is 4.99 Å². The predicted molar refractivity (Wildman–Crippen MR) is 105 cm³/mol. The maximum atomic E-state index is 13.9. The standard InChI is InChI=1S/C20H32FN3O3/c1-4-22-20(23-9-5-10-26-14-17-8-11-27-15-17)24(2)13-16-6-7-19(25-3)18(21)12-16/h6-7,12,17H,4-5,8-11,13-15H2,1-3H3,(H,22,23). The van der Waals surface area contributed by atoms with Crippen molar-refractivity contribution in [2.24, 2.45) is 10.9 Å². The number of halogens is 1. The molecule has 7 heteroatoms. The summed E-state index contributed by atoms with van der Waals surface area (Å²) in [6, 6.07) is 5.01. The van der Waals surface area contributed by atoms with Gasteiger partial charge in [0.1, 0.15) is 0 Å². The third-order valence-electron chi connectivity index (χ3n) is 4.42. The predicted octanol–water partition coefficient (Wildman–Crippen LogP) is 2.67. The molecule has 1 aromatic carbocycles. The number of guanidine groups is 1. The summed E-state index contributed by atoms with van der Waals surface area (Å²) in [5.41, 5.74) is 0.864. The molecule has 1 atom stereocenters. The molecule has 0 spiro atoms. The lowest BCUT2D eigenvalue weighted by Crippen LogP contribution is -2.38. The summed E-state index contributed by atoms with van der Waals surface area (Å²) < 4.78 is 29.9. The van der Waals surface area contributed by atoms with Gasteiger partial charge in [-0.15, -0.1) is 0 Å². The Kier molecular flexibility index (Phi) is 9.35. The van der Waals surface area contributed by atoms with Gasteiger partial charge in [0.2, 0.25) is 0 Å². The maximum Gasteiger partial charge on any atom is 0.193 e. The number of hydrogen-bond acceptors (Lipinski definition) is 4. The first-order chi connectivity index (χ1) is 13.1. The quantitative estimate of drug-likeness (QED) is 0.384. The van der Waals surface area contributed by atoms with Gasteiger partial charge in [-0.05, 0) is 37.5 Å². The van der Waals surface area contributed by atoms with Crippen LogP contribution >= 0.6 is 0 Å². The van der Waals surface area contributed by atoms with Gasteiger partial charge in [0.15, 0.2) is 17.5 Å². The molecule has 0 aromatic heterocycles. The van der Waals surface area contributed by atoms with Crippen LogP contribution in [0.5, 0.6) is 5.75 Å². The summed E-state index contributed by atoms with van der Waals surface area (Å²) >= 11 is 0. The van der Waals surface area contributed by atoms with Crippen molar-refractivity contribution < 1.29 is 18.6 Å². The number of ether oxygens (including phenoxy) is 3. The second-order valence-corrected chi connectivity index (χ2v) is 6.72. The van der Waals surface area contributed by atoms with Crippen LogP contribution in [0.1, 0.15) is 25.3 Å². The first kappa shape index (κ1) is 21.4. The van der Waals surface area contributed by atoms with Crippen LogP contribution in [-0.2, 0) is 16.0 Å². The second-order valence-electron chi connectivity index (χ2n) is 6.72. The van der Waals surface area contributed by atoms with Crippen LogP contribution in [0.3, 0.4) is 0 Å². The van der Waals surface area contributed by atoms with Crippen LogP contribution in [-0.4, -0.2) is 64.5 Å². The number of aliphatic imine (C=N–C) groups is 1. The van der Waals surface area contributed by atoms with Crippen LogP contribution in [0.2, 0.25) is 0 Å². The van der Waals surface area contributed by atoms with Crippen molar-refractivity contribution in [2.75, 3.05) is 53.7 Å². The molecule has 1 aliphatic rings. The van der Waals surface area contributed by atoms with Crippen molar-refractivity contribution in [2.45, 2.75) is 26.3 Å². The number of benzene rings is 1. The van der Waals surface area contributed by atoms with Gasteiger partial charge in [-0.1, -0.05) is 6.07 Å². The average Bonchev–Trinajstić information content (AvgIpc) is 3.17. The van der Waals surface area contributed by atoms with Crippen molar-refractivity contribution >= 4 is 5.96 Å². The highest BCUT2D eigenvalue weighted by Crippen LogP contribution is 2.18. The molecule has 6 nitrogen and oxygen atoms in total. The average molecular weight is 381 g/mol. The van der Waals surface area contributed by atoms with Crippen LogP contribution in [0, 0.1) is 11.7 Å². The van der Waals surface area contributed by atoms with E-state index in [9.17, 15) is 4.39 Å². The van der Waals surface area contributed by atoms with Crippen molar-refractivity contribution in [1.29, 1.82) is 0 Å². The van der Waals surface area contributed by atoms with E-state index in [0.29, 0.717) is 25.6 Å². The van der Waals surface area contributed by atoms with Crippen LogP contribution in [0.25, 0.3) is 0 Å². The Hall–Kier alpha value is -1.86. The Morgan fingerprint density at radius 1 is 1.44 bits per heavy atom. The van der Waals surface area contributed by atoms with Crippen molar-refractivity contribution in [3.63, 3.8) is 0 Å². The highest BCUT2D eigenvalue weighted by molar-refractivity contribution is 5.79. The molecule has 2 rings (SSSR count). The Morgan fingerprint density at radius 2 is 2.30 bits per heavy atom. The Balaban J connectivity index is 1.77. The molecule has 0 bridgehead atoms. The monoisotopic (exact) mass is 381 g/mol. The number of rotatable bonds is 10. The molecule has 27 heavy (non-hydrogen) atoms. The zero-order chi connectivity index (χ0) is 19.5. The summed E-state index contributed by atoms with van der Waals surface area (Å²) in [5.74, 6) is 1.25. The number of nitrogens with one attached hydrogen (secondary N) is 1. The highest BCUT2D eigenvalue weighted by Gasteiger charge is 2.15. The van der Waals surface area contributed by atoms with Crippen LogP contribution in [0.4, 0.5) is 4.39 Å². The largest absolute Gasteiger partial charge is 0.494 e. The van der Waals surface area contributed by atoms with Crippen molar-refractivity contribution in [3.8, 4) is 5.75 Å². The van der Waals surface area contributed by atoms with E-state index in [1.807, 2.05) is 24.9 Å². The lowest BCUT2D eigenvalue weighted by atomic mass is 10.1. The molecule has 1 fully saturated rings. The molecule has 0 saturated carbocycles. The Morgan fingerprint density at radius 3 is 2.96 bits per heavy atom. The fourth-order valence-electron chi connectivity index (χ4n) is 2.94. The van der Waals surface area contributed by atoms with Crippen molar-refractivity contribution in [3.05, 3.63) is 29.6 Å². The molecule has 1 saturated heterocycles. The minimum atomic E-state index is -0.352. The third kappa shape index (κ3) is 7.34. The minimum absolute atomic E-state index is 0.256. The molecule has 1 aromatic rings.